The van der Waals surface area contributed by atoms with E-state index in [1.54, 1.807) is 0 Å². The summed E-state index contributed by atoms with van der Waals surface area (Å²) in [5.74, 6) is 1.42. The third-order valence-corrected chi connectivity index (χ3v) is 7.97. The van der Waals surface area contributed by atoms with Crippen molar-refractivity contribution < 1.29 is 13.9 Å². The fourth-order valence-electron chi connectivity index (χ4n) is 5.39. The Morgan fingerprint density at radius 3 is 2.51 bits per heavy atom. The number of Topliss-reactive ketones (excluding diaryl/α,β-unsaturated/α-hetero) is 1. The zero-order valence-corrected chi connectivity index (χ0v) is 21.9. The molecule has 37 heavy (non-hydrogen) atoms. The van der Waals surface area contributed by atoms with E-state index in [1.165, 1.54) is 17.7 Å². The van der Waals surface area contributed by atoms with Crippen molar-refractivity contribution in [3.8, 4) is 5.75 Å². The molecule has 1 fully saturated rings. The van der Waals surface area contributed by atoms with Crippen molar-refractivity contribution >= 4 is 17.4 Å². The van der Waals surface area contributed by atoms with Gasteiger partial charge < -0.3 is 4.74 Å². The fraction of sp³-hybridized carbons (Fsp3) is 0.387. The second-order valence-electron chi connectivity index (χ2n) is 10.3. The van der Waals surface area contributed by atoms with Gasteiger partial charge in [-0.25, -0.2) is 4.39 Å². The summed E-state index contributed by atoms with van der Waals surface area (Å²) in [6, 6.07) is 20.6. The number of ether oxygens (including phenoxy) is 1. The van der Waals surface area contributed by atoms with Gasteiger partial charge >= 0.3 is 0 Å². The number of fused-ring (bicyclic) bond motifs is 1. The summed E-state index contributed by atoms with van der Waals surface area (Å²) >= 11 is 6.33. The minimum atomic E-state index is -0.223. The maximum absolute atomic E-state index is 13.3. The molecule has 0 amide bonds. The topological polar surface area (TPSA) is 32.8 Å². The van der Waals surface area contributed by atoms with Gasteiger partial charge in [-0.15, -0.1) is 0 Å². The third-order valence-electron chi connectivity index (χ3n) is 7.60. The van der Waals surface area contributed by atoms with Gasteiger partial charge in [0.15, 0.2) is 5.78 Å². The van der Waals surface area contributed by atoms with E-state index in [0.717, 1.165) is 79.4 Å². The van der Waals surface area contributed by atoms with Crippen LogP contribution in [-0.2, 0) is 19.6 Å². The Hall–Kier alpha value is -2.73. The first-order valence-corrected chi connectivity index (χ1v) is 13.6. The van der Waals surface area contributed by atoms with Crippen LogP contribution in [0.15, 0.2) is 66.7 Å². The van der Waals surface area contributed by atoms with E-state index < -0.39 is 0 Å². The van der Waals surface area contributed by atoms with Crippen LogP contribution in [0.1, 0.15) is 52.7 Å². The number of nitrogens with zero attached hydrogens (tertiary/aromatic N) is 2. The van der Waals surface area contributed by atoms with Crippen LogP contribution < -0.4 is 4.74 Å². The molecule has 0 spiro atoms. The standard InChI is InChI=1S/C31H34ClFN2O2/c32-29-4-2-1-3-26(29)21-34-15-13-23(14-16-34)7-11-30(36)25-8-12-31-27(19-25)22-35(17-18-37-31)20-24-5-9-28(33)10-6-24/h1-6,8-10,12,19,23H,7,11,13-18,20-22H2. The summed E-state index contributed by atoms with van der Waals surface area (Å²) in [5.41, 5.74) is 4.05. The molecule has 0 unspecified atom stereocenters. The summed E-state index contributed by atoms with van der Waals surface area (Å²) in [7, 11) is 0. The number of hydrogen-bond donors (Lipinski definition) is 0. The molecule has 6 heteroatoms. The van der Waals surface area contributed by atoms with Crippen LogP contribution in [0.2, 0.25) is 5.02 Å². The number of hydrogen-bond acceptors (Lipinski definition) is 4. The molecule has 3 aromatic carbocycles. The van der Waals surface area contributed by atoms with Crippen LogP contribution in [0, 0.1) is 11.7 Å². The molecule has 0 radical (unpaired) electrons. The van der Waals surface area contributed by atoms with Crippen LogP contribution in [0.25, 0.3) is 0 Å². The number of carbonyl (C=O) groups is 1. The quantitative estimate of drug-likeness (QED) is 0.308. The summed E-state index contributed by atoms with van der Waals surface area (Å²) in [6.07, 6.45) is 3.75. The highest BCUT2D eigenvalue weighted by Crippen LogP contribution is 2.28. The Labute approximate surface area is 224 Å². The molecule has 2 heterocycles. The lowest BCUT2D eigenvalue weighted by molar-refractivity contribution is 0.0961. The molecule has 0 aromatic heterocycles. The summed E-state index contributed by atoms with van der Waals surface area (Å²) in [4.78, 5) is 17.8. The van der Waals surface area contributed by atoms with Gasteiger partial charge in [0, 0.05) is 48.7 Å². The first-order chi connectivity index (χ1) is 18.0. The Morgan fingerprint density at radius 2 is 1.73 bits per heavy atom. The maximum atomic E-state index is 13.3. The molecule has 0 bridgehead atoms. The normalized spacial score (nSPS) is 17.1. The van der Waals surface area contributed by atoms with Crippen molar-refractivity contribution in [2.45, 2.75) is 45.3 Å². The van der Waals surface area contributed by atoms with Gasteiger partial charge in [-0.05, 0) is 85.8 Å². The zero-order chi connectivity index (χ0) is 25.6. The predicted octanol–water partition coefficient (Wildman–Crippen LogP) is 6.75. The van der Waals surface area contributed by atoms with Crippen molar-refractivity contribution in [2.75, 3.05) is 26.2 Å². The summed E-state index contributed by atoms with van der Waals surface area (Å²) < 4.78 is 19.2. The lowest BCUT2D eigenvalue weighted by Crippen LogP contribution is -2.33. The number of piperidine rings is 1. The average Bonchev–Trinajstić information content (AvgIpc) is 3.12. The number of likely N-dealkylation sites (tertiary alicyclic amines) is 1. The van der Waals surface area contributed by atoms with Crippen molar-refractivity contribution in [3.63, 3.8) is 0 Å². The smallest absolute Gasteiger partial charge is 0.162 e. The Morgan fingerprint density at radius 1 is 0.946 bits per heavy atom. The minimum absolute atomic E-state index is 0.204. The molecular weight excluding hydrogens is 487 g/mol. The molecular formula is C31H34ClFN2O2. The highest BCUT2D eigenvalue weighted by atomic mass is 35.5. The number of carbonyl (C=O) groups excluding carboxylic acids is 1. The average molecular weight is 521 g/mol. The molecule has 194 valence electrons. The first-order valence-electron chi connectivity index (χ1n) is 13.2. The second kappa shape index (κ2) is 12.2. The Bertz CT molecular complexity index is 1210. The van der Waals surface area contributed by atoms with Crippen LogP contribution in [-0.4, -0.2) is 41.8 Å². The van der Waals surface area contributed by atoms with Crippen LogP contribution >= 0.6 is 11.6 Å². The van der Waals surface area contributed by atoms with Gasteiger partial charge in [0.1, 0.15) is 18.2 Å². The molecule has 0 atom stereocenters. The minimum Gasteiger partial charge on any atom is -0.492 e. The predicted molar refractivity (Wildman–Crippen MR) is 145 cm³/mol. The second-order valence-corrected chi connectivity index (χ2v) is 10.7. The lowest BCUT2D eigenvalue weighted by atomic mass is 9.90. The zero-order valence-electron chi connectivity index (χ0n) is 21.2. The van der Waals surface area contributed by atoms with Crippen molar-refractivity contribution in [3.05, 3.63) is 99.8 Å². The van der Waals surface area contributed by atoms with Crippen molar-refractivity contribution in [1.82, 2.24) is 9.80 Å². The highest BCUT2D eigenvalue weighted by molar-refractivity contribution is 6.31. The maximum Gasteiger partial charge on any atom is 0.162 e. The van der Waals surface area contributed by atoms with Crippen LogP contribution in [0.5, 0.6) is 5.75 Å². The van der Waals surface area contributed by atoms with Crippen LogP contribution in [0.3, 0.4) is 0 Å². The van der Waals surface area contributed by atoms with Gasteiger partial charge in [0.2, 0.25) is 0 Å². The van der Waals surface area contributed by atoms with E-state index in [0.29, 0.717) is 25.5 Å². The number of rotatable bonds is 8. The fourth-order valence-corrected chi connectivity index (χ4v) is 5.58. The van der Waals surface area contributed by atoms with Gasteiger partial charge in [-0.2, -0.15) is 0 Å². The highest BCUT2D eigenvalue weighted by Gasteiger charge is 2.22. The van der Waals surface area contributed by atoms with Crippen LogP contribution in [0.4, 0.5) is 4.39 Å². The van der Waals surface area contributed by atoms with Gasteiger partial charge in [-0.1, -0.05) is 41.9 Å². The SMILES string of the molecule is O=C(CCC1CCN(Cc2ccccc2Cl)CC1)c1ccc2c(c1)CN(Cc1ccc(F)cc1)CCO2. The Balaban J connectivity index is 1.12. The largest absolute Gasteiger partial charge is 0.492 e. The number of ketones is 1. The van der Waals surface area contributed by atoms with E-state index in [2.05, 4.69) is 15.9 Å². The van der Waals surface area contributed by atoms with E-state index in [-0.39, 0.29) is 11.6 Å². The molecule has 4 nitrogen and oxygen atoms in total. The van der Waals surface area contributed by atoms with E-state index in [1.807, 2.05) is 48.5 Å². The van der Waals surface area contributed by atoms with Crippen molar-refractivity contribution in [2.24, 2.45) is 5.92 Å². The molecule has 2 aliphatic heterocycles. The van der Waals surface area contributed by atoms with Gasteiger partial charge in [0.05, 0.1) is 0 Å². The first kappa shape index (κ1) is 25.9. The molecule has 0 saturated carbocycles. The van der Waals surface area contributed by atoms with Gasteiger partial charge in [-0.3, -0.25) is 14.6 Å². The summed E-state index contributed by atoms with van der Waals surface area (Å²) in [6.45, 7) is 5.78. The third kappa shape index (κ3) is 6.98. The molecule has 0 aliphatic carbocycles. The monoisotopic (exact) mass is 520 g/mol. The molecule has 3 aromatic rings. The Kier molecular flexibility index (Phi) is 8.55. The number of benzene rings is 3. The van der Waals surface area contributed by atoms with E-state index in [9.17, 15) is 9.18 Å². The molecule has 1 saturated heterocycles. The van der Waals surface area contributed by atoms with E-state index >= 15 is 0 Å². The summed E-state index contributed by atoms with van der Waals surface area (Å²) in [5, 5.41) is 0.833. The van der Waals surface area contributed by atoms with E-state index in [4.69, 9.17) is 16.3 Å². The van der Waals surface area contributed by atoms with Gasteiger partial charge in [0.25, 0.3) is 0 Å². The molecule has 5 rings (SSSR count). The van der Waals surface area contributed by atoms with Crippen molar-refractivity contribution in [1.29, 1.82) is 0 Å². The number of halogens is 2. The molecule has 0 N–H and O–H groups in total. The lowest BCUT2D eigenvalue weighted by Gasteiger charge is -2.32. The molecule has 2 aliphatic rings.